The molecule has 2 fully saturated rings. The van der Waals surface area contributed by atoms with Crippen LogP contribution in [-0.2, 0) is 9.59 Å². The van der Waals surface area contributed by atoms with Gasteiger partial charge in [0.1, 0.15) is 0 Å². The first-order valence-electron chi connectivity index (χ1n) is 8.01. The molecule has 1 atom stereocenters. The SMILES string of the molecule is O=C1C[C@H](NCC2CCCCC2)C(=O)N1c1cccc(Cl)c1. The third-order valence-electron chi connectivity index (χ3n) is 4.59. The van der Waals surface area contributed by atoms with Crippen molar-refractivity contribution in [3.05, 3.63) is 29.3 Å². The van der Waals surface area contributed by atoms with Crippen molar-refractivity contribution in [2.75, 3.05) is 11.4 Å². The van der Waals surface area contributed by atoms with Gasteiger partial charge in [-0.05, 0) is 43.5 Å². The predicted molar refractivity (Wildman–Crippen MR) is 86.9 cm³/mol. The van der Waals surface area contributed by atoms with Gasteiger partial charge < -0.3 is 5.32 Å². The van der Waals surface area contributed by atoms with E-state index in [-0.39, 0.29) is 18.2 Å². The summed E-state index contributed by atoms with van der Waals surface area (Å²) in [5, 5.41) is 3.83. The molecular formula is C17H21ClN2O2. The van der Waals surface area contributed by atoms with E-state index >= 15 is 0 Å². The molecule has 1 aromatic carbocycles. The van der Waals surface area contributed by atoms with Gasteiger partial charge in [0.15, 0.2) is 0 Å². The van der Waals surface area contributed by atoms with Gasteiger partial charge in [-0.15, -0.1) is 0 Å². The first-order chi connectivity index (χ1) is 10.6. The van der Waals surface area contributed by atoms with Crippen molar-refractivity contribution in [2.45, 2.75) is 44.6 Å². The number of anilines is 1. The molecule has 1 aromatic rings. The van der Waals surface area contributed by atoms with Crippen molar-refractivity contribution in [2.24, 2.45) is 5.92 Å². The summed E-state index contributed by atoms with van der Waals surface area (Å²) < 4.78 is 0. The maximum atomic E-state index is 12.5. The number of nitrogens with one attached hydrogen (secondary N) is 1. The van der Waals surface area contributed by atoms with Gasteiger partial charge >= 0.3 is 0 Å². The average Bonchev–Trinajstić information content (AvgIpc) is 2.80. The summed E-state index contributed by atoms with van der Waals surface area (Å²) >= 11 is 5.95. The summed E-state index contributed by atoms with van der Waals surface area (Å²) in [4.78, 5) is 25.9. The Morgan fingerprint density at radius 2 is 1.95 bits per heavy atom. The van der Waals surface area contributed by atoms with Crippen molar-refractivity contribution in [1.82, 2.24) is 5.32 Å². The Bertz CT molecular complexity index is 570. The lowest BCUT2D eigenvalue weighted by atomic mass is 9.89. The van der Waals surface area contributed by atoms with E-state index in [1.54, 1.807) is 24.3 Å². The molecule has 2 aliphatic rings. The highest BCUT2D eigenvalue weighted by molar-refractivity contribution is 6.31. The Morgan fingerprint density at radius 1 is 1.18 bits per heavy atom. The molecule has 0 spiro atoms. The topological polar surface area (TPSA) is 49.4 Å². The van der Waals surface area contributed by atoms with Crippen LogP contribution in [0.2, 0.25) is 5.02 Å². The van der Waals surface area contributed by atoms with Gasteiger partial charge in [0.25, 0.3) is 5.91 Å². The first kappa shape index (κ1) is 15.5. The molecule has 1 saturated carbocycles. The number of imide groups is 1. The molecule has 0 aromatic heterocycles. The molecule has 1 aliphatic carbocycles. The minimum Gasteiger partial charge on any atom is -0.305 e. The molecule has 3 rings (SSSR count). The number of halogens is 1. The van der Waals surface area contributed by atoms with E-state index in [1.165, 1.54) is 37.0 Å². The second-order valence-corrected chi connectivity index (χ2v) is 6.65. The standard InChI is InChI=1S/C17H21ClN2O2/c18-13-7-4-8-14(9-13)20-16(21)10-15(17(20)22)19-11-12-5-2-1-3-6-12/h4,7-9,12,15,19H,1-3,5-6,10-11H2/t15-/m0/s1. The third kappa shape index (κ3) is 3.33. The highest BCUT2D eigenvalue weighted by Gasteiger charge is 2.39. The fraction of sp³-hybridized carbons (Fsp3) is 0.529. The van der Waals surface area contributed by atoms with Gasteiger partial charge in [-0.25, -0.2) is 4.90 Å². The van der Waals surface area contributed by atoms with Crippen LogP contribution in [0, 0.1) is 5.92 Å². The van der Waals surface area contributed by atoms with Crippen LogP contribution in [0.3, 0.4) is 0 Å². The fourth-order valence-electron chi connectivity index (χ4n) is 3.38. The Labute approximate surface area is 135 Å². The molecule has 4 nitrogen and oxygen atoms in total. The molecule has 0 bridgehead atoms. The highest BCUT2D eigenvalue weighted by Crippen LogP contribution is 2.27. The van der Waals surface area contributed by atoms with E-state index in [4.69, 9.17) is 11.6 Å². The monoisotopic (exact) mass is 320 g/mol. The summed E-state index contributed by atoms with van der Waals surface area (Å²) in [7, 11) is 0. The van der Waals surface area contributed by atoms with E-state index in [1.807, 2.05) is 0 Å². The summed E-state index contributed by atoms with van der Waals surface area (Å²) in [6.07, 6.45) is 6.55. The molecule has 5 heteroatoms. The number of carbonyl (C=O) groups is 2. The lowest BCUT2D eigenvalue weighted by Gasteiger charge is -2.23. The third-order valence-corrected chi connectivity index (χ3v) is 4.83. The molecule has 118 valence electrons. The second-order valence-electron chi connectivity index (χ2n) is 6.22. The number of benzene rings is 1. The van der Waals surface area contributed by atoms with Crippen molar-refractivity contribution >= 4 is 29.1 Å². The minimum absolute atomic E-state index is 0.159. The van der Waals surface area contributed by atoms with Gasteiger partial charge in [-0.2, -0.15) is 0 Å². The van der Waals surface area contributed by atoms with Crippen molar-refractivity contribution in [3.63, 3.8) is 0 Å². The summed E-state index contributed by atoms with van der Waals surface area (Å²) in [6, 6.07) is 6.48. The van der Waals surface area contributed by atoms with Crippen LogP contribution < -0.4 is 10.2 Å². The number of amides is 2. The maximum absolute atomic E-state index is 12.5. The van der Waals surface area contributed by atoms with Gasteiger partial charge in [0.2, 0.25) is 5.91 Å². The second kappa shape index (κ2) is 6.80. The Morgan fingerprint density at radius 3 is 2.68 bits per heavy atom. The number of hydrogen-bond acceptors (Lipinski definition) is 3. The molecule has 0 unspecified atom stereocenters. The van der Waals surface area contributed by atoms with Crippen LogP contribution >= 0.6 is 11.6 Å². The normalized spacial score (nSPS) is 23.3. The van der Waals surface area contributed by atoms with E-state index < -0.39 is 6.04 Å². The van der Waals surface area contributed by atoms with Crippen molar-refractivity contribution in [3.8, 4) is 0 Å². The minimum atomic E-state index is -0.395. The van der Waals surface area contributed by atoms with Gasteiger partial charge in [0, 0.05) is 5.02 Å². The van der Waals surface area contributed by atoms with E-state index in [0.717, 1.165) is 6.54 Å². The van der Waals surface area contributed by atoms with Crippen LogP contribution in [0.5, 0.6) is 0 Å². The molecule has 1 N–H and O–H groups in total. The van der Waals surface area contributed by atoms with Crippen LogP contribution in [0.1, 0.15) is 38.5 Å². The van der Waals surface area contributed by atoms with Crippen molar-refractivity contribution in [1.29, 1.82) is 0 Å². The number of rotatable bonds is 4. The van der Waals surface area contributed by atoms with Crippen LogP contribution in [0.4, 0.5) is 5.69 Å². The van der Waals surface area contributed by atoms with Crippen LogP contribution in [-0.4, -0.2) is 24.4 Å². The predicted octanol–water partition coefficient (Wildman–Crippen LogP) is 3.14. The summed E-state index contributed by atoms with van der Waals surface area (Å²) in [5.41, 5.74) is 0.560. The smallest absolute Gasteiger partial charge is 0.251 e. The zero-order valence-electron chi connectivity index (χ0n) is 12.6. The fourth-order valence-corrected chi connectivity index (χ4v) is 3.56. The molecule has 0 radical (unpaired) electrons. The molecule has 22 heavy (non-hydrogen) atoms. The lowest BCUT2D eigenvalue weighted by Crippen LogP contribution is -2.41. The summed E-state index contributed by atoms with van der Waals surface area (Å²) in [5.74, 6) is 0.313. The molecule has 1 saturated heterocycles. The van der Waals surface area contributed by atoms with E-state index in [2.05, 4.69) is 5.32 Å². The molecule has 1 aliphatic heterocycles. The molecule has 2 amide bonds. The van der Waals surface area contributed by atoms with E-state index in [9.17, 15) is 9.59 Å². The first-order valence-corrected chi connectivity index (χ1v) is 8.38. The number of carbonyl (C=O) groups excluding carboxylic acids is 2. The maximum Gasteiger partial charge on any atom is 0.251 e. The van der Waals surface area contributed by atoms with Crippen LogP contribution in [0.25, 0.3) is 0 Å². The average molecular weight is 321 g/mol. The zero-order valence-corrected chi connectivity index (χ0v) is 13.3. The molecule has 1 heterocycles. The molecular weight excluding hydrogens is 300 g/mol. The Kier molecular flexibility index (Phi) is 4.79. The quantitative estimate of drug-likeness (QED) is 0.867. The Balaban J connectivity index is 1.63. The van der Waals surface area contributed by atoms with Gasteiger partial charge in [0.05, 0.1) is 18.2 Å². The highest BCUT2D eigenvalue weighted by atomic mass is 35.5. The number of nitrogens with zero attached hydrogens (tertiary/aromatic N) is 1. The number of hydrogen-bond donors (Lipinski definition) is 1. The van der Waals surface area contributed by atoms with Crippen LogP contribution in [0.15, 0.2) is 24.3 Å². The van der Waals surface area contributed by atoms with E-state index in [0.29, 0.717) is 16.6 Å². The summed E-state index contributed by atoms with van der Waals surface area (Å²) in [6.45, 7) is 0.826. The largest absolute Gasteiger partial charge is 0.305 e. The zero-order chi connectivity index (χ0) is 15.5. The van der Waals surface area contributed by atoms with Gasteiger partial charge in [-0.3, -0.25) is 9.59 Å². The van der Waals surface area contributed by atoms with Gasteiger partial charge in [-0.1, -0.05) is 36.9 Å². The Hall–Kier alpha value is -1.39. The lowest BCUT2D eigenvalue weighted by molar-refractivity contribution is -0.121. The van der Waals surface area contributed by atoms with Crippen molar-refractivity contribution < 1.29 is 9.59 Å².